The smallest absolute Gasteiger partial charge is 0.311 e. The van der Waals surface area contributed by atoms with Crippen LogP contribution in [0.25, 0.3) is 0 Å². The molecule has 0 heterocycles. The molecular formula is C39H81N5O6Si2. The van der Waals surface area contributed by atoms with Gasteiger partial charge in [-0.3, -0.25) is 19.2 Å². The second-order valence-electron chi connectivity index (χ2n) is 17.3. The van der Waals surface area contributed by atoms with Crippen molar-refractivity contribution in [2.24, 2.45) is 22.7 Å². The zero-order chi connectivity index (χ0) is 40.2. The lowest BCUT2D eigenvalue weighted by Gasteiger charge is -2.34. The first-order valence-electron chi connectivity index (χ1n) is 20.1. The Labute approximate surface area is 321 Å². The second kappa shape index (κ2) is 24.6. The first-order chi connectivity index (χ1) is 24.1. The van der Waals surface area contributed by atoms with Crippen LogP contribution in [0, 0.1) is 22.7 Å². The van der Waals surface area contributed by atoms with E-state index in [-0.39, 0.29) is 35.5 Å². The van der Waals surface area contributed by atoms with Crippen molar-refractivity contribution in [1.82, 2.24) is 25.8 Å². The van der Waals surface area contributed by atoms with E-state index in [0.29, 0.717) is 58.0 Å². The molecule has 0 aromatic heterocycles. The summed E-state index contributed by atoms with van der Waals surface area (Å²) in [5.74, 6) is -0.699. The van der Waals surface area contributed by atoms with E-state index >= 15 is 0 Å². The van der Waals surface area contributed by atoms with Crippen LogP contribution in [0.15, 0.2) is 0 Å². The lowest BCUT2D eigenvalue weighted by Crippen LogP contribution is -2.46. The number of amides is 3. The Morgan fingerprint density at radius 2 is 1.06 bits per heavy atom. The highest BCUT2D eigenvalue weighted by Gasteiger charge is 2.37. The molecule has 3 amide bonds. The Morgan fingerprint density at radius 3 is 1.50 bits per heavy atom. The molecule has 0 aliphatic carbocycles. The summed E-state index contributed by atoms with van der Waals surface area (Å²) in [5.41, 5.74) is -1.42. The van der Waals surface area contributed by atoms with Gasteiger partial charge in [0.2, 0.25) is 17.7 Å². The molecule has 13 heteroatoms. The lowest BCUT2D eigenvalue weighted by molar-refractivity contribution is -0.154. The van der Waals surface area contributed by atoms with E-state index in [2.05, 4.69) is 79.9 Å². The van der Waals surface area contributed by atoms with Crippen LogP contribution in [0.2, 0.25) is 38.3 Å². The summed E-state index contributed by atoms with van der Waals surface area (Å²) in [7, 11) is -0.0237. The largest absolute Gasteiger partial charge is 0.465 e. The number of hydrogen-bond acceptors (Lipinski definition) is 8. The third-order valence-electron chi connectivity index (χ3n) is 10.3. The molecule has 11 nitrogen and oxygen atoms in total. The van der Waals surface area contributed by atoms with Gasteiger partial charge in [-0.2, -0.15) is 0 Å². The average Bonchev–Trinajstić information content (AvgIpc) is 3.06. The molecule has 0 saturated heterocycles. The predicted molar refractivity (Wildman–Crippen MR) is 220 cm³/mol. The fourth-order valence-electron chi connectivity index (χ4n) is 6.37. The molecule has 0 aromatic carbocycles. The zero-order valence-electron chi connectivity index (χ0n) is 36.0. The molecule has 2 unspecified atom stereocenters. The molecule has 0 rings (SSSR count). The van der Waals surface area contributed by atoms with Crippen molar-refractivity contribution < 1.29 is 28.0 Å². The maximum Gasteiger partial charge on any atom is 0.311 e. The van der Waals surface area contributed by atoms with Crippen LogP contribution in [-0.4, -0.2) is 117 Å². The molecule has 2 atom stereocenters. The molecule has 0 radical (unpaired) electrons. The van der Waals surface area contributed by atoms with Crippen molar-refractivity contribution in [2.75, 3.05) is 66.5 Å². The fourth-order valence-corrected chi connectivity index (χ4v) is 14.8. The van der Waals surface area contributed by atoms with Crippen molar-refractivity contribution in [3.63, 3.8) is 0 Å². The molecule has 0 fully saturated rings. The van der Waals surface area contributed by atoms with E-state index in [0.717, 1.165) is 51.5 Å². The van der Waals surface area contributed by atoms with Crippen molar-refractivity contribution in [3.05, 3.63) is 0 Å². The molecular weight excluding hydrogens is 691 g/mol. The molecule has 52 heavy (non-hydrogen) atoms. The minimum absolute atomic E-state index is 0.00603. The average molecular weight is 772 g/mol. The van der Waals surface area contributed by atoms with Crippen LogP contribution in [0.4, 0.5) is 0 Å². The van der Waals surface area contributed by atoms with Gasteiger partial charge in [0, 0.05) is 36.9 Å². The SMILES string of the molecule is CCC(CC(C)(C)C(=O)NCCC[Si](C)(C)O[Si](C)(C)CCOC(=O)C(C)(C)CC(CC)C(=O)NCCCN(C)CC)C(=O)NCCCN(C)CC. The van der Waals surface area contributed by atoms with Crippen LogP contribution in [0.5, 0.6) is 0 Å². The zero-order valence-corrected chi connectivity index (χ0v) is 38.0. The number of rotatable bonds is 29. The lowest BCUT2D eigenvalue weighted by atomic mass is 9.80. The van der Waals surface area contributed by atoms with Gasteiger partial charge in [0.15, 0.2) is 16.6 Å². The molecule has 0 aromatic rings. The van der Waals surface area contributed by atoms with Crippen molar-refractivity contribution in [1.29, 1.82) is 0 Å². The summed E-state index contributed by atoms with van der Waals surface area (Å²) < 4.78 is 12.6. The maximum absolute atomic E-state index is 13.2. The van der Waals surface area contributed by atoms with E-state index in [1.165, 1.54) is 0 Å². The highest BCUT2D eigenvalue weighted by atomic mass is 28.4. The van der Waals surface area contributed by atoms with Gasteiger partial charge in [-0.15, -0.1) is 0 Å². The van der Waals surface area contributed by atoms with E-state index in [4.69, 9.17) is 8.85 Å². The number of nitrogens with one attached hydrogen (secondary N) is 3. The Hall–Kier alpha value is -1.81. The van der Waals surface area contributed by atoms with Gasteiger partial charge in [0.25, 0.3) is 0 Å². The summed E-state index contributed by atoms with van der Waals surface area (Å²) in [6, 6.07) is 1.60. The van der Waals surface area contributed by atoms with Gasteiger partial charge in [-0.25, -0.2) is 0 Å². The van der Waals surface area contributed by atoms with Gasteiger partial charge in [0.05, 0.1) is 12.0 Å². The number of carbonyl (C=O) groups is 4. The van der Waals surface area contributed by atoms with E-state index in [9.17, 15) is 19.2 Å². The molecule has 0 aliphatic heterocycles. The van der Waals surface area contributed by atoms with Crippen molar-refractivity contribution in [3.8, 4) is 0 Å². The van der Waals surface area contributed by atoms with Crippen LogP contribution in [-0.2, 0) is 28.0 Å². The number of hydrogen-bond donors (Lipinski definition) is 3. The van der Waals surface area contributed by atoms with Gasteiger partial charge in [0.1, 0.15) is 0 Å². The topological polar surface area (TPSA) is 129 Å². The fraction of sp³-hybridized carbons (Fsp3) is 0.897. The highest BCUT2D eigenvalue weighted by molar-refractivity contribution is 6.84. The molecule has 0 aliphatic rings. The summed E-state index contributed by atoms with van der Waals surface area (Å²) >= 11 is 0. The normalized spacial score (nSPS) is 13.9. The highest BCUT2D eigenvalue weighted by Crippen LogP contribution is 2.30. The summed E-state index contributed by atoms with van der Waals surface area (Å²) in [5, 5.41) is 9.24. The molecule has 0 saturated carbocycles. The van der Waals surface area contributed by atoms with Crippen molar-refractivity contribution in [2.45, 2.75) is 139 Å². The molecule has 306 valence electrons. The van der Waals surface area contributed by atoms with E-state index in [1.807, 2.05) is 41.5 Å². The van der Waals surface area contributed by atoms with Gasteiger partial charge in [-0.05, 0) is 137 Å². The molecule has 3 N–H and O–H groups in total. The predicted octanol–water partition coefficient (Wildman–Crippen LogP) is 6.26. The number of esters is 1. The Kier molecular flexibility index (Phi) is 23.7. The Balaban J connectivity index is 4.74. The number of ether oxygens (including phenoxy) is 1. The maximum atomic E-state index is 13.2. The first-order valence-corrected chi connectivity index (χ1v) is 26.4. The standard InChI is InChI=1S/C39H81N5O6Si2/c1-15-32(34(45)40-22-19-25-43(9)17-3)30-38(5,6)36(47)42-24-21-28-51(11,12)50-52(13,14)29-27-49-37(48)39(7,8)31-33(16-2)35(46)41-23-20-26-44(10)18-4/h32-33H,15-31H2,1-14H3,(H,40,45)(H,41,46)(H,42,47). The van der Waals surface area contributed by atoms with Gasteiger partial charge < -0.3 is 34.6 Å². The Bertz CT molecular complexity index is 1070. The summed E-state index contributed by atoms with van der Waals surface area (Å²) in [6.45, 7) is 30.6. The van der Waals surface area contributed by atoms with E-state index in [1.54, 1.807) is 0 Å². The van der Waals surface area contributed by atoms with Crippen molar-refractivity contribution >= 4 is 40.3 Å². The van der Waals surface area contributed by atoms with Crippen LogP contribution < -0.4 is 16.0 Å². The number of carbonyl (C=O) groups excluding carboxylic acids is 4. The quantitative estimate of drug-likeness (QED) is 0.0462. The first kappa shape index (κ1) is 50.2. The third-order valence-corrected chi connectivity index (χ3v) is 17.6. The summed E-state index contributed by atoms with van der Waals surface area (Å²) in [4.78, 5) is 56.4. The van der Waals surface area contributed by atoms with Gasteiger partial charge in [-0.1, -0.05) is 41.5 Å². The number of nitrogens with zero attached hydrogens (tertiary/aromatic N) is 2. The monoisotopic (exact) mass is 772 g/mol. The minimum Gasteiger partial charge on any atom is -0.465 e. The third kappa shape index (κ3) is 21.2. The van der Waals surface area contributed by atoms with Crippen LogP contribution in [0.1, 0.15) is 100 Å². The van der Waals surface area contributed by atoms with E-state index < -0.39 is 27.5 Å². The second-order valence-corrected chi connectivity index (χ2v) is 26.2. The summed E-state index contributed by atoms with van der Waals surface area (Å²) in [6.07, 6.45) is 4.94. The van der Waals surface area contributed by atoms with Crippen LogP contribution >= 0.6 is 0 Å². The molecule has 0 spiro atoms. The molecule has 0 bridgehead atoms. The minimum atomic E-state index is -2.13. The van der Waals surface area contributed by atoms with Crippen LogP contribution in [0.3, 0.4) is 0 Å². The van der Waals surface area contributed by atoms with Gasteiger partial charge >= 0.3 is 5.97 Å². The Morgan fingerprint density at radius 1 is 0.635 bits per heavy atom.